The van der Waals surface area contributed by atoms with Crippen LogP contribution in [0.4, 0.5) is 0 Å². The molecule has 0 aliphatic carbocycles. The molecule has 0 heterocycles. The average molecular weight is 206 g/mol. The van der Waals surface area contributed by atoms with E-state index in [9.17, 15) is 0 Å². The molecule has 0 amide bonds. The number of ether oxygens (including phenoxy) is 2. The van der Waals surface area contributed by atoms with Crippen LogP contribution in [0.25, 0.3) is 5.57 Å². The predicted octanol–water partition coefficient (Wildman–Crippen LogP) is 3.30. The van der Waals surface area contributed by atoms with E-state index in [2.05, 4.69) is 13.5 Å². The largest absolute Gasteiger partial charge is 0.496 e. The van der Waals surface area contributed by atoms with Gasteiger partial charge in [-0.3, -0.25) is 0 Å². The molecule has 0 atom stereocenters. The van der Waals surface area contributed by atoms with Crippen molar-refractivity contribution in [2.75, 3.05) is 14.2 Å². The third-order valence-electron chi connectivity index (χ3n) is 2.40. The summed E-state index contributed by atoms with van der Waals surface area (Å²) in [5.74, 6) is 1.66. The fourth-order valence-corrected chi connectivity index (χ4v) is 1.59. The summed E-state index contributed by atoms with van der Waals surface area (Å²) in [6.07, 6.45) is 0.961. The van der Waals surface area contributed by atoms with E-state index >= 15 is 0 Å². The SMILES string of the molecule is C=C(C)c1c(OC)cc(CC)cc1OC. The molecule has 0 aliphatic rings. The van der Waals surface area contributed by atoms with E-state index in [1.54, 1.807) is 14.2 Å². The lowest BCUT2D eigenvalue weighted by molar-refractivity contribution is 0.391. The van der Waals surface area contributed by atoms with Crippen molar-refractivity contribution in [1.82, 2.24) is 0 Å². The fraction of sp³-hybridized carbons (Fsp3) is 0.385. The van der Waals surface area contributed by atoms with Crippen molar-refractivity contribution in [2.24, 2.45) is 0 Å². The van der Waals surface area contributed by atoms with Crippen molar-refractivity contribution < 1.29 is 9.47 Å². The minimum atomic E-state index is 0.832. The van der Waals surface area contributed by atoms with Gasteiger partial charge in [0.1, 0.15) is 11.5 Å². The van der Waals surface area contributed by atoms with Crippen LogP contribution < -0.4 is 9.47 Å². The molecule has 0 bridgehead atoms. The molecule has 0 saturated heterocycles. The van der Waals surface area contributed by atoms with Gasteiger partial charge in [-0.1, -0.05) is 13.5 Å². The molecule has 15 heavy (non-hydrogen) atoms. The van der Waals surface area contributed by atoms with E-state index in [4.69, 9.17) is 9.47 Å². The number of hydrogen-bond acceptors (Lipinski definition) is 2. The zero-order valence-corrected chi connectivity index (χ0v) is 9.89. The van der Waals surface area contributed by atoms with E-state index in [1.807, 2.05) is 19.1 Å². The maximum Gasteiger partial charge on any atom is 0.130 e. The zero-order valence-electron chi connectivity index (χ0n) is 9.89. The Balaban J connectivity index is 3.39. The number of methoxy groups -OCH3 is 2. The third kappa shape index (κ3) is 2.32. The molecule has 0 N–H and O–H groups in total. The second-order valence-corrected chi connectivity index (χ2v) is 3.51. The quantitative estimate of drug-likeness (QED) is 0.752. The van der Waals surface area contributed by atoms with Gasteiger partial charge in [-0.05, 0) is 36.6 Å². The number of rotatable bonds is 4. The van der Waals surface area contributed by atoms with Crippen LogP contribution in [-0.2, 0) is 6.42 Å². The highest BCUT2D eigenvalue weighted by Crippen LogP contribution is 2.35. The molecule has 1 rings (SSSR count). The van der Waals surface area contributed by atoms with Crippen molar-refractivity contribution in [3.8, 4) is 11.5 Å². The Morgan fingerprint density at radius 3 is 1.93 bits per heavy atom. The summed E-state index contributed by atoms with van der Waals surface area (Å²) in [6.45, 7) is 7.99. The van der Waals surface area contributed by atoms with Gasteiger partial charge in [0.05, 0.1) is 19.8 Å². The smallest absolute Gasteiger partial charge is 0.130 e. The van der Waals surface area contributed by atoms with Crippen LogP contribution in [0.2, 0.25) is 0 Å². The normalized spacial score (nSPS) is 9.87. The van der Waals surface area contributed by atoms with Gasteiger partial charge in [0, 0.05) is 0 Å². The average Bonchev–Trinajstić information content (AvgIpc) is 2.26. The van der Waals surface area contributed by atoms with Crippen molar-refractivity contribution in [2.45, 2.75) is 20.3 Å². The van der Waals surface area contributed by atoms with Crippen molar-refractivity contribution in [3.05, 3.63) is 29.8 Å². The Bertz CT molecular complexity index is 342. The van der Waals surface area contributed by atoms with Crippen LogP contribution in [0.15, 0.2) is 18.7 Å². The molecule has 0 fully saturated rings. The third-order valence-corrected chi connectivity index (χ3v) is 2.40. The minimum Gasteiger partial charge on any atom is -0.496 e. The first kappa shape index (κ1) is 11.6. The highest BCUT2D eigenvalue weighted by molar-refractivity contribution is 5.73. The van der Waals surface area contributed by atoms with Crippen LogP contribution in [-0.4, -0.2) is 14.2 Å². The van der Waals surface area contributed by atoms with Crippen molar-refractivity contribution in [3.63, 3.8) is 0 Å². The maximum atomic E-state index is 5.35. The van der Waals surface area contributed by atoms with Crippen LogP contribution in [0, 0.1) is 0 Å². The molecule has 0 spiro atoms. The molecule has 1 aromatic carbocycles. The molecule has 0 saturated carbocycles. The van der Waals surface area contributed by atoms with Gasteiger partial charge in [-0.25, -0.2) is 0 Å². The molecule has 0 radical (unpaired) electrons. The van der Waals surface area contributed by atoms with Gasteiger partial charge in [0.25, 0.3) is 0 Å². The Morgan fingerprint density at radius 2 is 1.67 bits per heavy atom. The lowest BCUT2D eigenvalue weighted by atomic mass is 10.0. The van der Waals surface area contributed by atoms with Gasteiger partial charge < -0.3 is 9.47 Å². The van der Waals surface area contributed by atoms with Gasteiger partial charge in [-0.15, -0.1) is 0 Å². The number of allylic oxidation sites excluding steroid dienone is 1. The summed E-state index contributed by atoms with van der Waals surface area (Å²) >= 11 is 0. The highest BCUT2D eigenvalue weighted by atomic mass is 16.5. The lowest BCUT2D eigenvalue weighted by Crippen LogP contribution is -1.96. The van der Waals surface area contributed by atoms with Crippen LogP contribution in [0.5, 0.6) is 11.5 Å². The van der Waals surface area contributed by atoms with E-state index in [0.29, 0.717) is 0 Å². The molecule has 2 heteroatoms. The molecule has 1 aromatic rings. The summed E-state index contributed by atoms with van der Waals surface area (Å²) in [5, 5.41) is 0. The molecular formula is C13H18O2. The number of hydrogen-bond donors (Lipinski definition) is 0. The van der Waals surface area contributed by atoms with Gasteiger partial charge in [-0.2, -0.15) is 0 Å². The first-order chi connectivity index (χ1) is 7.13. The van der Waals surface area contributed by atoms with Crippen molar-refractivity contribution >= 4 is 5.57 Å². The van der Waals surface area contributed by atoms with Crippen LogP contribution in [0.3, 0.4) is 0 Å². The van der Waals surface area contributed by atoms with E-state index < -0.39 is 0 Å². The number of aryl methyl sites for hydroxylation is 1. The van der Waals surface area contributed by atoms with Crippen LogP contribution >= 0.6 is 0 Å². The lowest BCUT2D eigenvalue weighted by Gasteiger charge is -2.14. The number of benzene rings is 1. The minimum absolute atomic E-state index is 0.832. The molecule has 0 unspecified atom stereocenters. The maximum absolute atomic E-state index is 5.35. The molecule has 82 valence electrons. The Morgan fingerprint density at radius 1 is 1.20 bits per heavy atom. The standard InChI is InChI=1S/C13H18O2/c1-6-10-7-11(14-4)13(9(2)3)12(8-10)15-5/h7-8H,2,6H2,1,3-5H3. The summed E-state index contributed by atoms with van der Waals surface area (Å²) in [7, 11) is 3.33. The van der Waals surface area contributed by atoms with E-state index in [0.717, 1.165) is 29.1 Å². The summed E-state index contributed by atoms with van der Waals surface area (Å²) in [4.78, 5) is 0. The van der Waals surface area contributed by atoms with Gasteiger partial charge in [0.15, 0.2) is 0 Å². The zero-order chi connectivity index (χ0) is 11.4. The monoisotopic (exact) mass is 206 g/mol. The first-order valence-electron chi connectivity index (χ1n) is 5.04. The summed E-state index contributed by atoms with van der Waals surface area (Å²) in [5.41, 5.74) is 3.11. The highest BCUT2D eigenvalue weighted by Gasteiger charge is 2.12. The molecular weight excluding hydrogens is 188 g/mol. The topological polar surface area (TPSA) is 18.5 Å². The molecule has 2 nitrogen and oxygen atoms in total. The molecule has 0 aromatic heterocycles. The van der Waals surface area contributed by atoms with E-state index in [-0.39, 0.29) is 0 Å². The Labute approximate surface area is 91.5 Å². The van der Waals surface area contributed by atoms with Gasteiger partial charge >= 0.3 is 0 Å². The Hall–Kier alpha value is -1.44. The first-order valence-corrected chi connectivity index (χ1v) is 5.04. The van der Waals surface area contributed by atoms with Crippen LogP contribution in [0.1, 0.15) is 25.0 Å². The Kier molecular flexibility index (Phi) is 3.78. The van der Waals surface area contributed by atoms with E-state index in [1.165, 1.54) is 5.56 Å². The fourth-order valence-electron chi connectivity index (χ4n) is 1.59. The van der Waals surface area contributed by atoms with Gasteiger partial charge in [0.2, 0.25) is 0 Å². The predicted molar refractivity (Wildman–Crippen MR) is 63.6 cm³/mol. The summed E-state index contributed by atoms with van der Waals surface area (Å²) < 4.78 is 10.7. The molecule has 0 aliphatic heterocycles. The second-order valence-electron chi connectivity index (χ2n) is 3.51. The second kappa shape index (κ2) is 4.87. The van der Waals surface area contributed by atoms with Crippen molar-refractivity contribution in [1.29, 1.82) is 0 Å². The summed E-state index contributed by atoms with van der Waals surface area (Å²) in [6, 6.07) is 4.07.